The summed E-state index contributed by atoms with van der Waals surface area (Å²) in [7, 11) is 1.57. The van der Waals surface area contributed by atoms with E-state index in [1.807, 2.05) is 6.07 Å². The molecule has 1 atom stereocenters. The summed E-state index contributed by atoms with van der Waals surface area (Å²) >= 11 is 3.37. The predicted molar refractivity (Wildman–Crippen MR) is 78.6 cm³/mol. The van der Waals surface area contributed by atoms with Gasteiger partial charge in [-0.2, -0.15) is 0 Å². The van der Waals surface area contributed by atoms with Crippen LogP contribution < -0.4 is 15.4 Å². The average Bonchev–Trinajstić information content (AvgIpc) is 2.45. The third-order valence-electron chi connectivity index (χ3n) is 3.36. The summed E-state index contributed by atoms with van der Waals surface area (Å²) in [6.45, 7) is 2.79. The van der Waals surface area contributed by atoms with Crippen LogP contribution in [0.15, 0.2) is 22.7 Å². The first-order valence-electron chi connectivity index (χ1n) is 6.53. The van der Waals surface area contributed by atoms with Crippen LogP contribution in [0.25, 0.3) is 0 Å². The Morgan fingerprint density at radius 2 is 2.42 bits per heavy atom. The van der Waals surface area contributed by atoms with Crippen molar-refractivity contribution in [1.29, 1.82) is 0 Å². The molecule has 2 rings (SSSR count). The second-order valence-corrected chi connectivity index (χ2v) is 5.68. The van der Waals surface area contributed by atoms with E-state index in [0.29, 0.717) is 23.8 Å². The fraction of sp³-hybridized carbons (Fsp3) is 0.500. The summed E-state index contributed by atoms with van der Waals surface area (Å²) in [6, 6.07) is 5.42. The minimum atomic E-state index is -0.0741. The van der Waals surface area contributed by atoms with E-state index in [-0.39, 0.29) is 5.91 Å². The molecule has 0 aromatic heterocycles. The van der Waals surface area contributed by atoms with Gasteiger partial charge in [-0.05, 0) is 50.0 Å². The van der Waals surface area contributed by atoms with Crippen LogP contribution in [0.4, 0.5) is 0 Å². The van der Waals surface area contributed by atoms with Gasteiger partial charge in [0.05, 0.1) is 12.7 Å². The van der Waals surface area contributed by atoms with Crippen molar-refractivity contribution in [3.8, 4) is 5.75 Å². The van der Waals surface area contributed by atoms with Crippen LogP contribution >= 0.6 is 15.9 Å². The lowest BCUT2D eigenvalue weighted by Gasteiger charge is -2.23. The number of carbonyl (C=O) groups is 1. The standard InChI is InChI=1S/C14H19BrN2O2/c1-19-13-7-11(15)4-5-12(13)14(18)17-9-10-3-2-6-16-8-10/h4-5,7,10,16H,2-3,6,8-9H2,1H3,(H,17,18). The number of piperidine rings is 1. The zero-order valence-electron chi connectivity index (χ0n) is 11.0. The number of hydrogen-bond donors (Lipinski definition) is 2. The quantitative estimate of drug-likeness (QED) is 0.891. The summed E-state index contributed by atoms with van der Waals surface area (Å²) in [5.74, 6) is 1.04. The maximum Gasteiger partial charge on any atom is 0.255 e. The van der Waals surface area contributed by atoms with Gasteiger partial charge in [0.25, 0.3) is 5.91 Å². The van der Waals surface area contributed by atoms with Crippen LogP contribution in [0.5, 0.6) is 5.75 Å². The zero-order valence-corrected chi connectivity index (χ0v) is 12.6. The molecule has 1 unspecified atom stereocenters. The van der Waals surface area contributed by atoms with Crippen molar-refractivity contribution in [1.82, 2.24) is 10.6 Å². The van der Waals surface area contributed by atoms with Gasteiger partial charge in [-0.15, -0.1) is 0 Å². The SMILES string of the molecule is COc1cc(Br)ccc1C(=O)NCC1CCCNC1. The van der Waals surface area contributed by atoms with E-state index in [1.54, 1.807) is 19.2 Å². The molecule has 1 heterocycles. The van der Waals surface area contributed by atoms with Gasteiger partial charge in [0.1, 0.15) is 5.75 Å². The van der Waals surface area contributed by atoms with Crippen molar-refractivity contribution in [2.75, 3.05) is 26.7 Å². The summed E-state index contributed by atoms with van der Waals surface area (Å²) in [6.07, 6.45) is 2.35. The van der Waals surface area contributed by atoms with Crippen molar-refractivity contribution in [2.24, 2.45) is 5.92 Å². The first kappa shape index (κ1) is 14.3. The second-order valence-electron chi connectivity index (χ2n) is 4.77. The van der Waals surface area contributed by atoms with Crippen molar-refractivity contribution >= 4 is 21.8 Å². The minimum absolute atomic E-state index is 0.0741. The Bertz CT molecular complexity index is 445. The van der Waals surface area contributed by atoms with Crippen LogP contribution in [0.1, 0.15) is 23.2 Å². The van der Waals surface area contributed by atoms with Crippen LogP contribution in [0.2, 0.25) is 0 Å². The Balaban J connectivity index is 1.95. The maximum absolute atomic E-state index is 12.2. The summed E-state index contributed by atoms with van der Waals surface area (Å²) < 4.78 is 6.14. The number of nitrogens with one attached hydrogen (secondary N) is 2. The van der Waals surface area contributed by atoms with Gasteiger partial charge in [-0.3, -0.25) is 4.79 Å². The topological polar surface area (TPSA) is 50.4 Å². The highest BCUT2D eigenvalue weighted by molar-refractivity contribution is 9.10. The highest BCUT2D eigenvalue weighted by atomic mass is 79.9. The second kappa shape index (κ2) is 6.91. The molecule has 1 amide bonds. The monoisotopic (exact) mass is 326 g/mol. The molecule has 0 radical (unpaired) electrons. The van der Waals surface area contributed by atoms with Gasteiger partial charge in [0.15, 0.2) is 0 Å². The van der Waals surface area contributed by atoms with E-state index in [9.17, 15) is 4.79 Å². The zero-order chi connectivity index (χ0) is 13.7. The lowest BCUT2D eigenvalue weighted by atomic mass is 9.99. The Kier molecular flexibility index (Phi) is 5.22. The molecule has 1 aromatic carbocycles. The Morgan fingerprint density at radius 3 is 3.11 bits per heavy atom. The van der Waals surface area contributed by atoms with Crippen molar-refractivity contribution in [3.05, 3.63) is 28.2 Å². The Hall–Kier alpha value is -1.07. The summed E-state index contributed by atoms with van der Waals surface area (Å²) in [5.41, 5.74) is 0.578. The normalized spacial score (nSPS) is 18.9. The van der Waals surface area contributed by atoms with Gasteiger partial charge in [0.2, 0.25) is 0 Å². The molecule has 0 aliphatic carbocycles. The smallest absolute Gasteiger partial charge is 0.255 e. The van der Waals surface area contributed by atoms with Gasteiger partial charge < -0.3 is 15.4 Å². The van der Waals surface area contributed by atoms with E-state index in [2.05, 4.69) is 26.6 Å². The molecule has 5 heteroatoms. The Morgan fingerprint density at radius 1 is 1.58 bits per heavy atom. The number of ether oxygens (including phenoxy) is 1. The van der Waals surface area contributed by atoms with E-state index >= 15 is 0 Å². The number of halogens is 1. The van der Waals surface area contributed by atoms with E-state index in [1.165, 1.54) is 12.8 Å². The molecule has 19 heavy (non-hydrogen) atoms. The van der Waals surface area contributed by atoms with Crippen LogP contribution in [-0.2, 0) is 0 Å². The average molecular weight is 327 g/mol. The predicted octanol–water partition coefficient (Wildman–Crippen LogP) is 2.19. The van der Waals surface area contributed by atoms with Gasteiger partial charge >= 0.3 is 0 Å². The number of amides is 1. The van der Waals surface area contributed by atoms with Crippen molar-refractivity contribution < 1.29 is 9.53 Å². The van der Waals surface area contributed by atoms with E-state index in [0.717, 1.165) is 17.6 Å². The van der Waals surface area contributed by atoms with E-state index in [4.69, 9.17) is 4.74 Å². The highest BCUT2D eigenvalue weighted by Gasteiger charge is 2.16. The van der Waals surface area contributed by atoms with Crippen LogP contribution in [0, 0.1) is 5.92 Å². The minimum Gasteiger partial charge on any atom is -0.496 e. The molecular weight excluding hydrogens is 308 g/mol. The molecule has 4 nitrogen and oxygen atoms in total. The molecule has 1 saturated heterocycles. The lowest BCUT2D eigenvalue weighted by Crippen LogP contribution is -2.38. The van der Waals surface area contributed by atoms with Gasteiger partial charge in [0, 0.05) is 11.0 Å². The fourth-order valence-corrected chi connectivity index (χ4v) is 2.62. The molecule has 1 aliphatic rings. The highest BCUT2D eigenvalue weighted by Crippen LogP contribution is 2.23. The van der Waals surface area contributed by atoms with Crippen molar-refractivity contribution in [3.63, 3.8) is 0 Å². The molecule has 104 valence electrons. The Labute approximate surface area is 122 Å². The molecule has 0 bridgehead atoms. The lowest BCUT2D eigenvalue weighted by molar-refractivity contribution is 0.0942. The van der Waals surface area contributed by atoms with Gasteiger partial charge in [-0.25, -0.2) is 0 Å². The largest absolute Gasteiger partial charge is 0.496 e. The first-order valence-corrected chi connectivity index (χ1v) is 7.32. The molecule has 1 aliphatic heterocycles. The number of carbonyl (C=O) groups excluding carboxylic acids is 1. The van der Waals surface area contributed by atoms with Crippen LogP contribution in [0.3, 0.4) is 0 Å². The number of rotatable bonds is 4. The molecule has 1 aromatic rings. The maximum atomic E-state index is 12.2. The van der Waals surface area contributed by atoms with Crippen molar-refractivity contribution in [2.45, 2.75) is 12.8 Å². The number of benzene rings is 1. The molecule has 0 saturated carbocycles. The fourth-order valence-electron chi connectivity index (χ4n) is 2.28. The molecule has 0 spiro atoms. The van der Waals surface area contributed by atoms with Gasteiger partial charge in [-0.1, -0.05) is 15.9 Å². The molecule has 2 N–H and O–H groups in total. The third kappa shape index (κ3) is 3.94. The number of hydrogen-bond acceptors (Lipinski definition) is 3. The first-order chi connectivity index (χ1) is 9.20. The summed E-state index contributed by atoms with van der Waals surface area (Å²) in [5, 5.41) is 6.33. The van der Waals surface area contributed by atoms with Crippen LogP contribution in [-0.4, -0.2) is 32.7 Å². The third-order valence-corrected chi connectivity index (χ3v) is 3.85. The van der Waals surface area contributed by atoms with E-state index < -0.39 is 0 Å². The summed E-state index contributed by atoms with van der Waals surface area (Å²) in [4.78, 5) is 12.2. The molecular formula is C14H19BrN2O2. The molecule has 1 fully saturated rings. The number of methoxy groups -OCH3 is 1.